The number of rotatable bonds is 4. The van der Waals surface area contributed by atoms with E-state index in [1.54, 1.807) is 24.3 Å². The average Bonchev–Trinajstić information content (AvgIpc) is 2.88. The second-order valence-electron chi connectivity index (χ2n) is 4.84. The molecule has 3 rings (SSSR count). The van der Waals surface area contributed by atoms with Gasteiger partial charge in [0.15, 0.2) is 11.6 Å². The van der Waals surface area contributed by atoms with Gasteiger partial charge in [0.1, 0.15) is 17.4 Å². The summed E-state index contributed by atoms with van der Waals surface area (Å²) in [6.07, 6.45) is 0. The zero-order valence-corrected chi connectivity index (χ0v) is 12.9. The van der Waals surface area contributed by atoms with Crippen molar-refractivity contribution in [2.24, 2.45) is 0 Å². The number of benzene rings is 2. The highest BCUT2D eigenvalue weighted by Crippen LogP contribution is 2.26. The van der Waals surface area contributed by atoms with Gasteiger partial charge >= 0.3 is 0 Å². The molecular formula is C16H12F2N2O2S. The molecule has 0 saturated carbocycles. The Balaban J connectivity index is 1.69. The summed E-state index contributed by atoms with van der Waals surface area (Å²) in [6.45, 7) is 1.63. The number of ether oxygens (including phenoxy) is 1. The molecule has 1 amide bonds. The maximum Gasteiger partial charge on any atom is 0.221 e. The lowest BCUT2D eigenvalue weighted by Crippen LogP contribution is -2.05. The zero-order chi connectivity index (χ0) is 16.4. The summed E-state index contributed by atoms with van der Waals surface area (Å²) in [6, 6.07) is 9.09. The van der Waals surface area contributed by atoms with Crippen LogP contribution in [0.25, 0.3) is 10.2 Å². The lowest BCUT2D eigenvalue weighted by molar-refractivity contribution is -0.114. The SMILES string of the molecule is CC(=O)Nc1ccc(OCc2nc3cc(F)c(F)cc3s2)cc1. The first-order chi connectivity index (χ1) is 11.0. The van der Waals surface area contributed by atoms with Crippen molar-refractivity contribution in [2.75, 3.05) is 5.32 Å². The van der Waals surface area contributed by atoms with E-state index in [0.29, 0.717) is 26.7 Å². The van der Waals surface area contributed by atoms with Crippen LogP contribution in [-0.4, -0.2) is 10.9 Å². The standard InChI is InChI=1S/C16H12F2N2O2S/c1-9(21)19-10-2-4-11(5-3-10)22-8-16-20-14-6-12(17)13(18)7-15(14)23-16/h2-7H,8H2,1H3,(H,19,21). The van der Waals surface area contributed by atoms with Crippen molar-refractivity contribution in [3.8, 4) is 5.75 Å². The van der Waals surface area contributed by atoms with Crippen LogP contribution in [0.2, 0.25) is 0 Å². The van der Waals surface area contributed by atoms with Crippen molar-refractivity contribution in [1.29, 1.82) is 0 Å². The Kier molecular flexibility index (Phi) is 4.20. The average molecular weight is 334 g/mol. The van der Waals surface area contributed by atoms with Crippen LogP contribution in [0.4, 0.5) is 14.5 Å². The van der Waals surface area contributed by atoms with Crippen molar-refractivity contribution < 1.29 is 18.3 Å². The van der Waals surface area contributed by atoms with Crippen LogP contribution in [0, 0.1) is 11.6 Å². The number of halogens is 2. The van der Waals surface area contributed by atoms with Gasteiger partial charge < -0.3 is 10.1 Å². The first kappa shape index (κ1) is 15.4. The van der Waals surface area contributed by atoms with Crippen LogP contribution in [0.1, 0.15) is 11.9 Å². The van der Waals surface area contributed by atoms with E-state index in [2.05, 4.69) is 10.3 Å². The number of thiazole rings is 1. The summed E-state index contributed by atoms with van der Waals surface area (Å²) >= 11 is 1.25. The molecule has 1 aromatic heterocycles. The summed E-state index contributed by atoms with van der Waals surface area (Å²) in [5.41, 5.74) is 1.09. The molecule has 118 valence electrons. The number of fused-ring (bicyclic) bond motifs is 1. The summed E-state index contributed by atoms with van der Waals surface area (Å²) in [4.78, 5) is 15.2. The van der Waals surface area contributed by atoms with E-state index in [0.717, 1.165) is 12.1 Å². The van der Waals surface area contributed by atoms with Crippen LogP contribution < -0.4 is 10.1 Å². The van der Waals surface area contributed by atoms with Gasteiger partial charge in [0.2, 0.25) is 5.91 Å². The molecule has 23 heavy (non-hydrogen) atoms. The van der Waals surface area contributed by atoms with E-state index in [1.807, 2.05) is 0 Å². The maximum absolute atomic E-state index is 13.2. The van der Waals surface area contributed by atoms with Gasteiger partial charge in [-0.1, -0.05) is 0 Å². The monoisotopic (exact) mass is 334 g/mol. The molecule has 0 spiro atoms. The normalized spacial score (nSPS) is 10.7. The molecule has 1 heterocycles. The number of carbonyl (C=O) groups is 1. The quantitative estimate of drug-likeness (QED) is 0.781. The van der Waals surface area contributed by atoms with Crippen molar-refractivity contribution in [3.05, 3.63) is 53.0 Å². The summed E-state index contributed by atoms with van der Waals surface area (Å²) in [7, 11) is 0. The largest absolute Gasteiger partial charge is 0.486 e. The second kappa shape index (κ2) is 6.29. The van der Waals surface area contributed by atoms with E-state index in [-0.39, 0.29) is 12.5 Å². The summed E-state index contributed by atoms with van der Waals surface area (Å²) in [5.74, 6) is -1.34. The highest BCUT2D eigenvalue weighted by Gasteiger charge is 2.10. The molecule has 4 nitrogen and oxygen atoms in total. The molecule has 7 heteroatoms. The number of nitrogens with zero attached hydrogens (tertiary/aromatic N) is 1. The fourth-order valence-electron chi connectivity index (χ4n) is 2.02. The smallest absolute Gasteiger partial charge is 0.221 e. The van der Waals surface area contributed by atoms with Crippen molar-refractivity contribution in [1.82, 2.24) is 4.98 Å². The first-order valence-corrected chi connectivity index (χ1v) is 7.58. The minimum Gasteiger partial charge on any atom is -0.486 e. The molecular weight excluding hydrogens is 322 g/mol. The Morgan fingerprint density at radius 2 is 1.91 bits per heavy atom. The highest BCUT2D eigenvalue weighted by molar-refractivity contribution is 7.18. The molecule has 0 saturated heterocycles. The van der Waals surface area contributed by atoms with Crippen molar-refractivity contribution >= 4 is 33.1 Å². The number of hydrogen-bond donors (Lipinski definition) is 1. The van der Waals surface area contributed by atoms with Gasteiger partial charge in [-0.15, -0.1) is 11.3 Å². The lowest BCUT2D eigenvalue weighted by Gasteiger charge is -2.05. The first-order valence-electron chi connectivity index (χ1n) is 6.76. The van der Waals surface area contributed by atoms with Gasteiger partial charge in [-0.3, -0.25) is 4.79 Å². The molecule has 3 aromatic rings. The summed E-state index contributed by atoms with van der Waals surface area (Å²) in [5, 5.41) is 3.28. The van der Waals surface area contributed by atoms with E-state index in [1.165, 1.54) is 18.3 Å². The molecule has 0 atom stereocenters. The minimum atomic E-state index is -0.913. The molecule has 0 unspecified atom stereocenters. The summed E-state index contributed by atoms with van der Waals surface area (Å²) < 4.78 is 32.5. The second-order valence-corrected chi connectivity index (χ2v) is 5.95. The van der Waals surface area contributed by atoms with Crippen molar-refractivity contribution in [3.63, 3.8) is 0 Å². The highest BCUT2D eigenvalue weighted by atomic mass is 32.1. The van der Waals surface area contributed by atoms with Gasteiger partial charge in [0, 0.05) is 18.7 Å². The Morgan fingerprint density at radius 3 is 2.61 bits per heavy atom. The Hall–Kier alpha value is -2.54. The molecule has 0 fully saturated rings. The van der Waals surface area contributed by atoms with E-state index in [4.69, 9.17) is 4.74 Å². The van der Waals surface area contributed by atoms with Gasteiger partial charge in [-0.25, -0.2) is 13.8 Å². The van der Waals surface area contributed by atoms with Gasteiger partial charge in [0.05, 0.1) is 10.2 Å². The molecule has 0 aliphatic rings. The van der Waals surface area contributed by atoms with E-state index >= 15 is 0 Å². The van der Waals surface area contributed by atoms with Crippen LogP contribution in [0.5, 0.6) is 5.75 Å². The van der Waals surface area contributed by atoms with Crippen LogP contribution in [0.15, 0.2) is 36.4 Å². The van der Waals surface area contributed by atoms with Crippen molar-refractivity contribution in [2.45, 2.75) is 13.5 Å². The van der Waals surface area contributed by atoms with Crippen LogP contribution >= 0.6 is 11.3 Å². The fraction of sp³-hybridized carbons (Fsp3) is 0.125. The number of amides is 1. The minimum absolute atomic E-state index is 0.146. The Labute approximate surface area is 134 Å². The topological polar surface area (TPSA) is 51.2 Å². The predicted molar refractivity (Wildman–Crippen MR) is 84.6 cm³/mol. The predicted octanol–water partition coefficient (Wildman–Crippen LogP) is 4.11. The number of nitrogens with one attached hydrogen (secondary N) is 1. The van der Waals surface area contributed by atoms with E-state index < -0.39 is 11.6 Å². The van der Waals surface area contributed by atoms with Gasteiger partial charge in [-0.05, 0) is 30.3 Å². The fourth-order valence-corrected chi connectivity index (χ4v) is 2.90. The number of hydrogen-bond acceptors (Lipinski definition) is 4. The third-order valence-corrected chi connectivity index (χ3v) is 4.00. The molecule has 1 N–H and O–H groups in total. The number of carbonyl (C=O) groups excluding carboxylic acids is 1. The zero-order valence-electron chi connectivity index (χ0n) is 12.1. The van der Waals surface area contributed by atoms with Crippen LogP contribution in [0.3, 0.4) is 0 Å². The van der Waals surface area contributed by atoms with Gasteiger partial charge in [0.25, 0.3) is 0 Å². The molecule has 0 aliphatic heterocycles. The molecule has 0 aliphatic carbocycles. The molecule has 2 aromatic carbocycles. The molecule has 0 radical (unpaired) electrons. The Morgan fingerprint density at radius 1 is 1.22 bits per heavy atom. The third-order valence-electron chi connectivity index (χ3n) is 3.01. The Bertz CT molecular complexity index is 823. The van der Waals surface area contributed by atoms with E-state index in [9.17, 15) is 13.6 Å². The number of anilines is 1. The van der Waals surface area contributed by atoms with Crippen LogP contribution in [-0.2, 0) is 11.4 Å². The van der Waals surface area contributed by atoms with Gasteiger partial charge in [-0.2, -0.15) is 0 Å². The maximum atomic E-state index is 13.2. The third kappa shape index (κ3) is 3.62. The molecule has 0 bridgehead atoms. The number of aromatic nitrogens is 1. The lowest BCUT2D eigenvalue weighted by atomic mass is 10.3.